The van der Waals surface area contributed by atoms with Crippen LogP contribution in [0.3, 0.4) is 0 Å². The Bertz CT molecular complexity index is 424. The van der Waals surface area contributed by atoms with E-state index in [-0.39, 0.29) is 11.4 Å². The zero-order valence-corrected chi connectivity index (χ0v) is 12.2. The van der Waals surface area contributed by atoms with Crippen LogP contribution in [0.15, 0.2) is 12.1 Å². The Labute approximate surface area is 114 Å². The van der Waals surface area contributed by atoms with Crippen molar-refractivity contribution in [3.05, 3.63) is 28.5 Å². The van der Waals surface area contributed by atoms with Crippen molar-refractivity contribution in [3.8, 4) is 0 Å². The largest absolute Gasteiger partial charge is 0.462 e. The van der Waals surface area contributed by atoms with Crippen LogP contribution in [0.5, 0.6) is 0 Å². The molecule has 0 N–H and O–H groups in total. The molecule has 0 saturated heterocycles. The predicted octanol–water partition coefficient (Wildman–Crippen LogP) is 3.99. The standard InChI is InChI=1S/C14H20ClNO2/c1-5-6-7-18-13(17)10-8-11(14(2,3)4)16-12(15)9-10/h8-9H,5-7H2,1-4H3. The zero-order chi connectivity index (χ0) is 13.8. The Kier molecular flexibility index (Phi) is 5.15. The lowest BCUT2D eigenvalue weighted by Crippen LogP contribution is -2.16. The molecule has 1 rings (SSSR count). The number of carbonyl (C=O) groups excluding carboxylic acids is 1. The molecule has 1 heterocycles. The minimum atomic E-state index is -0.335. The first-order valence-electron chi connectivity index (χ1n) is 6.19. The molecule has 0 atom stereocenters. The van der Waals surface area contributed by atoms with Gasteiger partial charge in [-0.15, -0.1) is 0 Å². The molecule has 0 amide bonds. The number of ether oxygens (including phenoxy) is 1. The molecule has 18 heavy (non-hydrogen) atoms. The zero-order valence-electron chi connectivity index (χ0n) is 11.4. The second-order valence-corrected chi connectivity index (χ2v) is 5.69. The minimum Gasteiger partial charge on any atom is -0.462 e. The highest BCUT2D eigenvalue weighted by molar-refractivity contribution is 6.29. The summed E-state index contributed by atoms with van der Waals surface area (Å²) in [6.45, 7) is 8.57. The summed E-state index contributed by atoms with van der Waals surface area (Å²) in [5.41, 5.74) is 1.11. The van der Waals surface area contributed by atoms with Crippen molar-refractivity contribution in [1.29, 1.82) is 0 Å². The number of rotatable bonds is 4. The van der Waals surface area contributed by atoms with E-state index in [1.165, 1.54) is 0 Å². The fourth-order valence-corrected chi connectivity index (χ4v) is 1.60. The van der Waals surface area contributed by atoms with E-state index in [2.05, 4.69) is 11.9 Å². The smallest absolute Gasteiger partial charge is 0.338 e. The lowest BCUT2D eigenvalue weighted by molar-refractivity contribution is 0.0499. The maximum atomic E-state index is 11.8. The number of unbranched alkanes of at least 4 members (excludes halogenated alkanes) is 1. The van der Waals surface area contributed by atoms with Crippen LogP contribution in [0.4, 0.5) is 0 Å². The van der Waals surface area contributed by atoms with Gasteiger partial charge in [-0.25, -0.2) is 9.78 Å². The summed E-state index contributed by atoms with van der Waals surface area (Å²) < 4.78 is 5.17. The van der Waals surface area contributed by atoms with E-state index in [4.69, 9.17) is 16.3 Å². The molecule has 0 aromatic carbocycles. The van der Waals surface area contributed by atoms with E-state index in [0.717, 1.165) is 18.5 Å². The second-order valence-electron chi connectivity index (χ2n) is 5.30. The van der Waals surface area contributed by atoms with Gasteiger partial charge in [0.15, 0.2) is 0 Å². The van der Waals surface area contributed by atoms with Gasteiger partial charge in [0, 0.05) is 11.1 Å². The normalized spacial score (nSPS) is 11.4. The highest BCUT2D eigenvalue weighted by atomic mass is 35.5. The van der Waals surface area contributed by atoms with Gasteiger partial charge in [0.05, 0.1) is 12.2 Å². The number of carbonyl (C=O) groups is 1. The number of hydrogen-bond donors (Lipinski definition) is 0. The molecular formula is C14H20ClNO2. The Hall–Kier alpha value is -1.09. The average molecular weight is 270 g/mol. The number of halogens is 1. The van der Waals surface area contributed by atoms with Crippen LogP contribution in [0, 0.1) is 0 Å². The molecule has 0 aliphatic heterocycles. The Balaban J connectivity index is 2.89. The first kappa shape index (κ1) is 15.0. The van der Waals surface area contributed by atoms with Gasteiger partial charge < -0.3 is 4.74 Å². The van der Waals surface area contributed by atoms with Crippen LogP contribution in [-0.2, 0) is 10.2 Å². The van der Waals surface area contributed by atoms with Crippen molar-refractivity contribution in [2.24, 2.45) is 0 Å². The van der Waals surface area contributed by atoms with E-state index in [1.807, 2.05) is 20.8 Å². The number of pyridine rings is 1. The second kappa shape index (κ2) is 6.19. The lowest BCUT2D eigenvalue weighted by Gasteiger charge is -2.18. The van der Waals surface area contributed by atoms with Crippen molar-refractivity contribution in [2.75, 3.05) is 6.61 Å². The molecule has 1 aromatic rings. The number of aromatic nitrogens is 1. The van der Waals surface area contributed by atoms with Gasteiger partial charge in [-0.1, -0.05) is 45.7 Å². The molecule has 3 nitrogen and oxygen atoms in total. The quantitative estimate of drug-likeness (QED) is 0.471. The monoisotopic (exact) mass is 269 g/mol. The maximum Gasteiger partial charge on any atom is 0.338 e. The maximum absolute atomic E-state index is 11.8. The van der Waals surface area contributed by atoms with Crippen molar-refractivity contribution in [3.63, 3.8) is 0 Å². The van der Waals surface area contributed by atoms with Crippen LogP contribution in [0.25, 0.3) is 0 Å². The fraction of sp³-hybridized carbons (Fsp3) is 0.571. The van der Waals surface area contributed by atoms with Gasteiger partial charge in [-0.2, -0.15) is 0 Å². The lowest BCUT2D eigenvalue weighted by atomic mass is 9.91. The van der Waals surface area contributed by atoms with Crippen molar-refractivity contribution in [1.82, 2.24) is 4.98 Å². The Morgan fingerprint density at radius 3 is 2.61 bits per heavy atom. The SMILES string of the molecule is CCCCOC(=O)c1cc(Cl)nc(C(C)(C)C)c1. The van der Waals surface area contributed by atoms with Crippen molar-refractivity contribution < 1.29 is 9.53 Å². The van der Waals surface area contributed by atoms with Crippen LogP contribution >= 0.6 is 11.6 Å². The summed E-state index contributed by atoms with van der Waals surface area (Å²) in [6, 6.07) is 3.30. The highest BCUT2D eigenvalue weighted by Crippen LogP contribution is 2.23. The molecule has 0 unspecified atom stereocenters. The summed E-state index contributed by atoms with van der Waals surface area (Å²) in [5, 5.41) is 0.324. The van der Waals surface area contributed by atoms with Crippen LogP contribution in [-0.4, -0.2) is 17.6 Å². The molecule has 4 heteroatoms. The molecule has 100 valence electrons. The molecule has 0 aliphatic carbocycles. The first-order chi connectivity index (χ1) is 8.34. The third-order valence-corrected chi connectivity index (χ3v) is 2.72. The molecular weight excluding hydrogens is 250 g/mol. The molecule has 0 radical (unpaired) electrons. The molecule has 0 spiro atoms. The third-order valence-electron chi connectivity index (χ3n) is 2.53. The fourth-order valence-electron chi connectivity index (χ4n) is 1.39. The van der Waals surface area contributed by atoms with Gasteiger partial charge in [0.2, 0.25) is 0 Å². The van der Waals surface area contributed by atoms with E-state index in [0.29, 0.717) is 17.3 Å². The summed E-state index contributed by atoms with van der Waals surface area (Å²) in [6.07, 6.45) is 1.87. The summed E-state index contributed by atoms with van der Waals surface area (Å²) in [5.74, 6) is -0.335. The van der Waals surface area contributed by atoms with Crippen molar-refractivity contribution >= 4 is 17.6 Å². The van der Waals surface area contributed by atoms with Gasteiger partial charge in [0.1, 0.15) is 5.15 Å². The topological polar surface area (TPSA) is 39.2 Å². The van der Waals surface area contributed by atoms with Crippen molar-refractivity contribution in [2.45, 2.75) is 46.0 Å². The Morgan fingerprint density at radius 2 is 2.06 bits per heavy atom. The van der Waals surface area contributed by atoms with Crippen LogP contribution in [0.2, 0.25) is 5.15 Å². The molecule has 1 aromatic heterocycles. The van der Waals surface area contributed by atoms with E-state index in [9.17, 15) is 4.79 Å². The summed E-state index contributed by atoms with van der Waals surface area (Å²) >= 11 is 5.94. The third kappa shape index (κ3) is 4.30. The number of hydrogen-bond acceptors (Lipinski definition) is 3. The number of esters is 1. The average Bonchev–Trinajstić information content (AvgIpc) is 2.27. The van der Waals surface area contributed by atoms with Gasteiger partial charge in [0.25, 0.3) is 0 Å². The summed E-state index contributed by atoms with van der Waals surface area (Å²) in [7, 11) is 0. The van der Waals surface area contributed by atoms with Crippen LogP contribution < -0.4 is 0 Å². The molecule has 0 fully saturated rings. The Morgan fingerprint density at radius 1 is 1.39 bits per heavy atom. The minimum absolute atomic E-state index is 0.149. The predicted molar refractivity (Wildman–Crippen MR) is 73.1 cm³/mol. The number of nitrogens with zero attached hydrogens (tertiary/aromatic N) is 1. The van der Waals surface area contributed by atoms with Gasteiger partial charge >= 0.3 is 5.97 Å². The van der Waals surface area contributed by atoms with E-state index in [1.54, 1.807) is 12.1 Å². The highest BCUT2D eigenvalue weighted by Gasteiger charge is 2.19. The molecule has 0 aliphatic rings. The molecule has 0 saturated carbocycles. The molecule has 0 bridgehead atoms. The van der Waals surface area contributed by atoms with Gasteiger partial charge in [-0.05, 0) is 18.6 Å². The summed E-state index contributed by atoms with van der Waals surface area (Å²) in [4.78, 5) is 16.1. The van der Waals surface area contributed by atoms with Gasteiger partial charge in [-0.3, -0.25) is 0 Å². The van der Waals surface area contributed by atoms with E-state index < -0.39 is 0 Å². The first-order valence-corrected chi connectivity index (χ1v) is 6.57. The van der Waals surface area contributed by atoms with Crippen LogP contribution in [0.1, 0.15) is 56.6 Å². The van der Waals surface area contributed by atoms with E-state index >= 15 is 0 Å².